The molecule has 108 valence electrons. The van der Waals surface area contributed by atoms with Crippen LogP contribution >= 0.6 is 0 Å². The number of carbonyl (C=O) groups is 1. The second-order valence-electron chi connectivity index (χ2n) is 6.74. The Hall–Kier alpha value is -0.570. The molecule has 1 rings (SSSR count). The van der Waals surface area contributed by atoms with Gasteiger partial charge in [0.1, 0.15) is 6.10 Å². The molecule has 1 fully saturated rings. The first-order chi connectivity index (χ1) is 8.24. The molecule has 0 bridgehead atoms. The van der Waals surface area contributed by atoms with Gasteiger partial charge >= 0.3 is 0 Å². The van der Waals surface area contributed by atoms with Crippen LogP contribution in [0.3, 0.4) is 0 Å². The van der Waals surface area contributed by atoms with Gasteiger partial charge in [0, 0.05) is 7.05 Å². The maximum absolute atomic E-state index is 11.1. The molecule has 1 aliphatic carbocycles. The number of ether oxygens (including phenoxy) is 1. The Morgan fingerprint density at radius 3 is 2.11 bits per heavy atom. The lowest BCUT2D eigenvalue weighted by Crippen LogP contribution is -2.32. The fourth-order valence-corrected chi connectivity index (χ4v) is 1.74. The smallest absolute Gasteiger partial charge is 0.248 e. The van der Waals surface area contributed by atoms with Crippen LogP contribution in [0.5, 0.6) is 0 Å². The summed E-state index contributed by atoms with van der Waals surface area (Å²) < 4.78 is 5.47. The number of likely N-dealkylation sites (N-methyl/N-ethyl adjacent to an activating group) is 1. The van der Waals surface area contributed by atoms with Gasteiger partial charge in [-0.3, -0.25) is 4.79 Å². The lowest BCUT2D eigenvalue weighted by Gasteiger charge is -2.14. The Morgan fingerprint density at radius 2 is 1.72 bits per heavy atom. The Balaban J connectivity index is 0.000000494. The van der Waals surface area contributed by atoms with Gasteiger partial charge in [-0.25, -0.2) is 0 Å². The topological polar surface area (TPSA) is 38.3 Å². The molecule has 0 radical (unpaired) electrons. The summed E-state index contributed by atoms with van der Waals surface area (Å²) >= 11 is 0. The largest absolute Gasteiger partial charge is 0.368 e. The maximum atomic E-state index is 11.1. The number of hydrogen-bond donors (Lipinski definition) is 1. The maximum Gasteiger partial charge on any atom is 0.248 e. The summed E-state index contributed by atoms with van der Waals surface area (Å²) in [6.45, 7) is 11.3. The molecule has 1 amide bonds. The third kappa shape index (κ3) is 10.6. The highest BCUT2D eigenvalue weighted by atomic mass is 16.5. The highest BCUT2D eigenvalue weighted by Crippen LogP contribution is 2.24. The minimum Gasteiger partial charge on any atom is -0.368 e. The van der Waals surface area contributed by atoms with Crippen molar-refractivity contribution in [3.63, 3.8) is 0 Å². The van der Waals surface area contributed by atoms with Crippen LogP contribution in [0.15, 0.2) is 0 Å². The molecule has 1 N–H and O–H groups in total. The third-order valence-electron chi connectivity index (χ3n) is 2.67. The van der Waals surface area contributed by atoms with E-state index in [0.717, 1.165) is 6.61 Å². The molecule has 0 aromatic carbocycles. The lowest BCUT2D eigenvalue weighted by molar-refractivity contribution is -0.131. The van der Waals surface area contributed by atoms with Gasteiger partial charge in [-0.2, -0.15) is 0 Å². The molecule has 3 heteroatoms. The molecule has 18 heavy (non-hydrogen) atoms. The van der Waals surface area contributed by atoms with Crippen LogP contribution in [0.1, 0.15) is 60.3 Å². The van der Waals surface area contributed by atoms with E-state index in [2.05, 4.69) is 33.0 Å². The molecule has 0 aromatic rings. The Labute approximate surface area is 113 Å². The van der Waals surface area contributed by atoms with Crippen LogP contribution in [0.25, 0.3) is 0 Å². The summed E-state index contributed by atoms with van der Waals surface area (Å²) in [6.07, 6.45) is 4.87. The van der Waals surface area contributed by atoms with Crippen molar-refractivity contribution in [1.29, 1.82) is 0 Å². The van der Waals surface area contributed by atoms with Crippen molar-refractivity contribution in [3.05, 3.63) is 0 Å². The van der Waals surface area contributed by atoms with Crippen molar-refractivity contribution in [2.75, 3.05) is 13.7 Å². The molecule has 0 aliphatic heterocycles. The average molecular weight is 257 g/mol. The van der Waals surface area contributed by atoms with Gasteiger partial charge in [-0.15, -0.1) is 0 Å². The first-order valence-corrected chi connectivity index (χ1v) is 7.07. The highest BCUT2D eigenvalue weighted by molar-refractivity contribution is 5.79. The Bertz CT molecular complexity index is 221. The van der Waals surface area contributed by atoms with Crippen molar-refractivity contribution in [2.24, 2.45) is 11.3 Å². The minimum atomic E-state index is -0.300. The molecule has 0 saturated heterocycles. The normalized spacial score (nSPS) is 17.9. The molecule has 1 saturated carbocycles. The first-order valence-electron chi connectivity index (χ1n) is 7.07. The lowest BCUT2D eigenvalue weighted by atomic mass is 10.0. The van der Waals surface area contributed by atoms with E-state index in [-0.39, 0.29) is 12.0 Å². The minimum absolute atomic E-state index is 0.0296. The van der Waals surface area contributed by atoms with Gasteiger partial charge in [0.25, 0.3) is 0 Å². The van der Waals surface area contributed by atoms with E-state index in [4.69, 9.17) is 4.74 Å². The zero-order valence-electron chi connectivity index (χ0n) is 13.0. The molecule has 1 unspecified atom stereocenters. The monoisotopic (exact) mass is 257 g/mol. The summed E-state index contributed by atoms with van der Waals surface area (Å²) in [6, 6.07) is 0. The summed E-state index contributed by atoms with van der Waals surface area (Å²) in [4.78, 5) is 11.1. The molecule has 1 atom stereocenters. The Morgan fingerprint density at radius 1 is 1.28 bits per heavy atom. The van der Waals surface area contributed by atoms with Gasteiger partial charge in [0.05, 0.1) is 6.61 Å². The standard InChI is InChI=1S/C10H19NO2.C5H12/c1-8(10(12)11-2)13-7-9-5-3-4-6-9;1-5(2,3)4/h8-9H,3-7H2,1-2H3,(H,11,12);1-4H3. The van der Waals surface area contributed by atoms with E-state index in [9.17, 15) is 4.79 Å². The Kier molecular flexibility index (Phi) is 8.25. The van der Waals surface area contributed by atoms with Crippen molar-refractivity contribution < 1.29 is 9.53 Å². The predicted octanol–water partition coefficient (Wildman–Crippen LogP) is 3.38. The molecule has 3 nitrogen and oxygen atoms in total. The summed E-state index contributed by atoms with van der Waals surface area (Å²) in [5.74, 6) is 0.658. The van der Waals surface area contributed by atoms with Crippen LogP contribution in [-0.4, -0.2) is 25.7 Å². The molecule has 1 aliphatic rings. The fraction of sp³-hybridized carbons (Fsp3) is 0.933. The molecular weight excluding hydrogens is 226 g/mol. The molecule has 0 heterocycles. The van der Waals surface area contributed by atoms with Gasteiger partial charge in [-0.1, -0.05) is 40.5 Å². The van der Waals surface area contributed by atoms with Crippen molar-refractivity contribution >= 4 is 5.91 Å². The zero-order chi connectivity index (χ0) is 14.2. The summed E-state index contributed by atoms with van der Waals surface area (Å²) in [5.41, 5.74) is 0.500. The van der Waals surface area contributed by atoms with Crippen molar-refractivity contribution in [3.8, 4) is 0 Å². The quantitative estimate of drug-likeness (QED) is 0.838. The van der Waals surface area contributed by atoms with Gasteiger partial charge in [-0.05, 0) is 31.1 Å². The average Bonchev–Trinajstić information content (AvgIpc) is 2.75. The SMILES string of the molecule is CC(C)(C)C.CNC(=O)C(C)OCC1CCCC1. The van der Waals surface area contributed by atoms with Crippen molar-refractivity contribution in [1.82, 2.24) is 5.32 Å². The molecule has 0 spiro atoms. The number of nitrogens with one attached hydrogen (secondary N) is 1. The van der Waals surface area contributed by atoms with E-state index in [1.807, 2.05) is 0 Å². The number of amides is 1. The van der Waals surface area contributed by atoms with Crippen LogP contribution in [-0.2, 0) is 9.53 Å². The van der Waals surface area contributed by atoms with E-state index in [0.29, 0.717) is 11.3 Å². The number of hydrogen-bond acceptors (Lipinski definition) is 2. The third-order valence-corrected chi connectivity index (χ3v) is 2.67. The predicted molar refractivity (Wildman–Crippen MR) is 76.6 cm³/mol. The molecular formula is C15H31NO2. The van der Waals surface area contributed by atoms with E-state index < -0.39 is 0 Å². The second-order valence-corrected chi connectivity index (χ2v) is 6.74. The number of rotatable bonds is 4. The number of carbonyl (C=O) groups excluding carboxylic acids is 1. The summed E-state index contributed by atoms with van der Waals surface area (Å²) in [7, 11) is 1.64. The van der Waals surface area contributed by atoms with Gasteiger partial charge in [0.2, 0.25) is 5.91 Å². The van der Waals surface area contributed by atoms with Crippen LogP contribution in [0.4, 0.5) is 0 Å². The fourth-order valence-electron chi connectivity index (χ4n) is 1.74. The second kappa shape index (κ2) is 8.52. The summed E-state index contributed by atoms with van der Waals surface area (Å²) in [5, 5.41) is 2.58. The van der Waals surface area contributed by atoms with Gasteiger partial charge < -0.3 is 10.1 Å². The van der Waals surface area contributed by atoms with Crippen LogP contribution in [0, 0.1) is 11.3 Å². The van der Waals surface area contributed by atoms with E-state index in [1.54, 1.807) is 14.0 Å². The van der Waals surface area contributed by atoms with Crippen molar-refractivity contribution in [2.45, 2.75) is 66.4 Å². The zero-order valence-corrected chi connectivity index (χ0v) is 13.0. The molecule has 0 aromatic heterocycles. The van der Waals surface area contributed by atoms with Crippen LogP contribution in [0.2, 0.25) is 0 Å². The van der Waals surface area contributed by atoms with Gasteiger partial charge in [0.15, 0.2) is 0 Å². The highest BCUT2D eigenvalue weighted by Gasteiger charge is 2.18. The first kappa shape index (κ1) is 17.4. The van der Waals surface area contributed by atoms with E-state index in [1.165, 1.54) is 25.7 Å². The van der Waals surface area contributed by atoms with E-state index >= 15 is 0 Å². The van der Waals surface area contributed by atoms with Crippen LogP contribution < -0.4 is 5.32 Å².